The Hall–Kier alpha value is -3.66. The molecule has 0 radical (unpaired) electrons. The van der Waals surface area contributed by atoms with Crippen molar-refractivity contribution in [3.8, 4) is 6.07 Å². The number of para-hydroxylation sites is 1. The fourth-order valence-electron chi connectivity index (χ4n) is 5.63. The van der Waals surface area contributed by atoms with Crippen molar-refractivity contribution in [2.75, 3.05) is 18.9 Å². The maximum absolute atomic E-state index is 14.1. The van der Waals surface area contributed by atoms with Crippen LogP contribution in [0.3, 0.4) is 0 Å². The number of alkyl halides is 3. The van der Waals surface area contributed by atoms with Gasteiger partial charge in [-0.3, -0.25) is 19.2 Å². The molecule has 212 valence electrons. The molecule has 1 aromatic rings. The number of amides is 4. The lowest BCUT2D eigenvalue weighted by Gasteiger charge is -2.46. The molecular formula is C26H32F3N5O5. The molecule has 2 aliphatic heterocycles. The zero-order valence-corrected chi connectivity index (χ0v) is 22.3. The molecule has 1 saturated heterocycles. The third kappa shape index (κ3) is 4.93. The van der Waals surface area contributed by atoms with E-state index in [1.807, 2.05) is 6.07 Å². The van der Waals surface area contributed by atoms with Gasteiger partial charge in [-0.1, -0.05) is 32.0 Å². The van der Waals surface area contributed by atoms with E-state index < -0.39 is 64.9 Å². The number of carbonyl (C=O) groups is 4. The number of hydrogen-bond donors (Lipinski definition) is 4. The first-order valence-electron chi connectivity index (χ1n) is 12.4. The Morgan fingerprint density at radius 3 is 2.41 bits per heavy atom. The number of benzene rings is 1. The van der Waals surface area contributed by atoms with Gasteiger partial charge in [0.15, 0.2) is 0 Å². The van der Waals surface area contributed by atoms with Crippen LogP contribution in [0.4, 0.5) is 18.9 Å². The van der Waals surface area contributed by atoms with Crippen molar-refractivity contribution < 1.29 is 37.5 Å². The molecule has 2 heterocycles. The maximum atomic E-state index is 14.1. The van der Waals surface area contributed by atoms with Crippen molar-refractivity contribution in [1.29, 1.82) is 5.26 Å². The van der Waals surface area contributed by atoms with Crippen LogP contribution >= 0.6 is 0 Å². The minimum absolute atomic E-state index is 0.131. The highest BCUT2D eigenvalue weighted by atomic mass is 19.4. The second-order valence-electron chi connectivity index (χ2n) is 10.9. The van der Waals surface area contributed by atoms with Gasteiger partial charge in [0.1, 0.15) is 22.6 Å². The van der Waals surface area contributed by atoms with Crippen LogP contribution in [0.1, 0.15) is 46.1 Å². The lowest BCUT2D eigenvalue weighted by molar-refractivity contribution is -0.177. The largest absolute Gasteiger partial charge is 0.471 e. The van der Waals surface area contributed by atoms with Crippen LogP contribution in [0.15, 0.2) is 24.3 Å². The van der Waals surface area contributed by atoms with Gasteiger partial charge in [-0.05, 0) is 32.3 Å². The summed E-state index contributed by atoms with van der Waals surface area (Å²) in [6.45, 7) is 5.35. The standard InChI is InChI=1S/C26H32F3N5O5/c1-14(2)10-17(23(3,20(36)31-5)33-22(38)26(27,28)29)19(35)34-13-25(11-15(34)12-30)21(37)32-18-9-7-6-8-16(18)24(25,4)39/h6-9,14-15,17,39H,10-11,13H2,1-5H3,(H,31,36)(H,32,37)(H,33,38)/t15-,17+,23?,24?,25+/m0/s1. The van der Waals surface area contributed by atoms with Crippen LogP contribution in [0.25, 0.3) is 0 Å². The topological polar surface area (TPSA) is 152 Å². The predicted octanol–water partition coefficient (Wildman–Crippen LogP) is 1.80. The van der Waals surface area contributed by atoms with Crippen LogP contribution in [-0.2, 0) is 24.8 Å². The lowest BCUT2D eigenvalue weighted by Crippen LogP contribution is -2.66. The number of nitrogens with one attached hydrogen (secondary N) is 3. The van der Waals surface area contributed by atoms with Crippen molar-refractivity contribution >= 4 is 29.3 Å². The van der Waals surface area contributed by atoms with Crippen LogP contribution in [0.2, 0.25) is 0 Å². The van der Waals surface area contributed by atoms with Crippen molar-refractivity contribution in [1.82, 2.24) is 15.5 Å². The van der Waals surface area contributed by atoms with Crippen LogP contribution in [0, 0.1) is 28.6 Å². The van der Waals surface area contributed by atoms with Gasteiger partial charge in [-0.2, -0.15) is 18.4 Å². The van der Waals surface area contributed by atoms with Crippen molar-refractivity contribution in [3.05, 3.63) is 29.8 Å². The van der Waals surface area contributed by atoms with Gasteiger partial charge in [-0.15, -0.1) is 0 Å². The average molecular weight is 552 g/mol. The third-order valence-electron chi connectivity index (χ3n) is 7.89. The number of fused-ring (bicyclic) bond motifs is 1. The molecule has 0 saturated carbocycles. The van der Waals surface area contributed by atoms with Crippen molar-refractivity contribution in [3.63, 3.8) is 0 Å². The predicted molar refractivity (Wildman–Crippen MR) is 132 cm³/mol. The smallest absolute Gasteiger partial charge is 0.384 e. The first-order valence-corrected chi connectivity index (χ1v) is 12.4. The van der Waals surface area contributed by atoms with E-state index in [0.29, 0.717) is 11.3 Å². The molecule has 0 aliphatic carbocycles. The Bertz CT molecular complexity index is 1230. The third-order valence-corrected chi connectivity index (χ3v) is 7.89. The highest BCUT2D eigenvalue weighted by molar-refractivity contribution is 6.02. The summed E-state index contributed by atoms with van der Waals surface area (Å²) in [6, 6.07) is 7.26. The van der Waals surface area contributed by atoms with E-state index in [-0.39, 0.29) is 18.8 Å². The SMILES string of the molecule is CNC(=O)C(C)(NC(=O)C(F)(F)F)[C@H](CC(C)C)C(=O)N1C[C@]2(C[C@H]1C#N)C(=O)Nc1ccccc1C2(C)O. The van der Waals surface area contributed by atoms with Gasteiger partial charge in [0, 0.05) is 31.3 Å². The number of likely N-dealkylation sites (N-methyl/N-ethyl adjacent to an activating group) is 1. The fraction of sp³-hybridized carbons (Fsp3) is 0.577. The molecule has 4 amide bonds. The van der Waals surface area contributed by atoms with Gasteiger partial charge < -0.3 is 26.0 Å². The molecule has 3 rings (SSSR count). The van der Waals surface area contributed by atoms with Crippen LogP contribution in [-0.4, -0.2) is 65.0 Å². The monoisotopic (exact) mass is 551 g/mol. The first kappa shape index (κ1) is 29.9. The molecule has 1 spiro atoms. The summed E-state index contributed by atoms with van der Waals surface area (Å²) in [7, 11) is 1.15. The normalized spacial score (nSPS) is 26.7. The summed E-state index contributed by atoms with van der Waals surface area (Å²) in [5, 5.41) is 28.3. The maximum Gasteiger partial charge on any atom is 0.471 e. The van der Waals surface area contributed by atoms with E-state index in [0.717, 1.165) is 18.9 Å². The Labute approximate surface area is 223 Å². The number of nitrogens with zero attached hydrogens (tertiary/aromatic N) is 2. The molecule has 2 unspecified atom stereocenters. The molecule has 0 aromatic heterocycles. The Kier molecular flexibility index (Phi) is 7.77. The quantitative estimate of drug-likeness (QED) is 0.423. The van der Waals surface area contributed by atoms with Crippen molar-refractivity contribution in [2.45, 2.75) is 63.9 Å². The molecule has 1 fully saturated rings. The van der Waals surface area contributed by atoms with E-state index in [4.69, 9.17) is 0 Å². The molecular weight excluding hydrogens is 519 g/mol. The Morgan fingerprint density at radius 1 is 1.26 bits per heavy atom. The molecule has 0 bridgehead atoms. The summed E-state index contributed by atoms with van der Waals surface area (Å²) in [6.07, 6.45) is -5.73. The van der Waals surface area contributed by atoms with Gasteiger partial charge in [0.05, 0.1) is 12.0 Å². The summed E-state index contributed by atoms with van der Waals surface area (Å²) in [4.78, 5) is 53.4. The van der Waals surface area contributed by atoms with E-state index in [9.17, 15) is 42.7 Å². The molecule has 4 N–H and O–H groups in total. The van der Waals surface area contributed by atoms with Gasteiger partial charge in [0.25, 0.3) is 0 Å². The molecule has 13 heteroatoms. The average Bonchev–Trinajstić information content (AvgIpc) is 3.26. The van der Waals surface area contributed by atoms with Crippen LogP contribution in [0.5, 0.6) is 0 Å². The molecule has 1 aromatic carbocycles. The minimum Gasteiger partial charge on any atom is -0.384 e. The zero-order chi connectivity index (χ0) is 29.6. The second kappa shape index (κ2) is 10.1. The zero-order valence-electron chi connectivity index (χ0n) is 22.3. The number of rotatable bonds is 6. The van der Waals surface area contributed by atoms with Gasteiger partial charge in [0.2, 0.25) is 17.7 Å². The number of carbonyl (C=O) groups excluding carboxylic acids is 4. The number of aliphatic hydroxyl groups is 1. The Morgan fingerprint density at radius 2 is 1.87 bits per heavy atom. The van der Waals surface area contributed by atoms with E-state index >= 15 is 0 Å². The van der Waals surface area contributed by atoms with Crippen LogP contribution < -0.4 is 16.0 Å². The number of hydrogen-bond acceptors (Lipinski definition) is 6. The second-order valence-corrected chi connectivity index (χ2v) is 10.9. The number of likely N-dealkylation sites (tertiary alicyclic amines) is 1. The first-order chi connectivity index (χ1) is 18.0. The van der Waals surface area contributed by atoms with Gasteiger partial charge >= 0.3 is 12.1 Å². The highest BCUT2D eigenvalue weighted by Gasteiger charge is 2.64. The molecule has 2 aliphatic rings. The summed E-state index contributed by atoms with van der Waals surface area (Å²) in [5.41, 5.74) is -5.10. The number of halogens is 3. The minimum atomic E-state index is -5.33. The molecule has 39 heavy (non-hydrogen) atoms. The summed E-state index contributed by atoms with van der Waals surface area (Å²) >= 11 is 0. The fourth-order valence-corrected chi connectivity index (χ4v) is 5.63. The molecule has 10 nitrogen and oxygen atoms in total. The van der Waals surface area contributed by atoms with Gasteiger partial charge in [-0.25, -0.2) is 0 Å². The van der Waals surface area contributed by atoms with E-state index in [2.05, 4.69) is 10.6 Å². The van der Waals surface area contributed by atoms with E-state index in [1.165, 1.54) is 6.92 Å². The summed E-state index contributed by atoms with van der Waals surface area (Å²) in [5.74, 6) is -6.84. The Balaban J connectivity index is 2.10. The number of anilines is 1. The van der Waals surface area contributed by atoms with E-state index in [1.54, 1.807) is 43.4 Å². The number of nitriles is 1. The lowest BCUT2D eigenvalue weighted by atomic mass is 9.65. The summed E-state index contributed by atoms with van der Waals surface area (Å²) < 4.78 is 39.7. The van der Waals surface area contributed by atoms with Crippen molar-refractivity contribution in [2.24, 2.45) is 17.3 Å². The molecule has 5 atom stereocenters. The highest BCUT2D eigenvalue weighted by Crippen LogP contribution is 2.54.